The summed E-state index contributed by atoms with van der Waals surface area (Å²) < 4.78 is 1.82. The quantitative estimate of drug-likeness (QED) is 0.808. The van der Waals surface area contributed by atoms with Crippen molar-refractivity contribution in [3.05, 3.63) is 28.7 Å². The molecule has 0 saturated carbocycles. The van der Waals surface area contributed by atoms with Gasteiger partial charge in [0.25, 0.3) is 0 Å². The van der Waals surface area contributed by atoms with Gasteiger partial charge >= 0.3 is 5.97 Å². The van der Waals surface area contributed by atoms with Gasteiger partial charge in [-0.05, 0) is 19.9 Å². The molecule has 0 aliphatic rings. The van der Waals surface area contributed by atoms with E-state index in [4.69, 9.17) is 5.11 Å². The first-order valence-electron chi connectivity index (χ1n) is 5.97. The number of aliphatic carboxylic acids is 1. The predicted octanol–water partition coefficient (Wildman–Crippen LogP) is 1.39. The van der Waals surface area contributed by atoms with E-state index in [2.05, 4.69) is 15.2 Å². The third-order valence-electron chi connectivity index (χ3n) is 2.54. The molecule has 0 fully saturated rings. The molecule has 0 amide bonds. The second kappa shape index (κ2) is 5.91. The van der Waals surface area contributed by atoms with Crippen LogP contribution in [0.3, 0.4) is 0 Å². The monoisotopic (exact) mass is 294 g/mol. The number of aromatic nitrogens is 4. The molecule has 0 radical (unpaired) electrons. The molecule has 8 heteroatoms. The number of nitrogens with zero attached hydrogens (tertiary/aromatic N) is 3. The Bertz CT molecular complexity index is 677. The average Bonchev–Trinajstić information content (AvgIpc) is 2.80. The SMILES string of the molecule is CC(C)n1c(SCC(=O)O)nnc1-c1cc[nH]c(=O)c1. The summed E-state index contributed by atoms with van der Waals surface area (Å²) in [7, 11) is 0. The number of H-pyrrole nitrogens is 1. The molecule has 2 rings (SSSR count). The average molecular weight is 294 g/mol. The van der Waals surface area contributed by atoms with E-state index in [0.717, 1.165) is 11.8 Å². The number of carbonyl (C=O) groups is 1. The fourth-order valence-corrected chi connectivity index (χ4v) is 2.54. The molecule has 0 aromatic carbocycles. The molecule has 0 spiro atoms. The lowest BCUT2D eigenvalue weighted by molar-refractivity contribution is -0.133. The van der Waals surface area contributed by atoms with Crippen LogP contribution in [0.4, 0.5) is 0 Å². The molecule has 2 N–H and O–H groups in total. The lowest BCUT2D eigenvalue weighted by Gasteiger charge is -2.13. The first kappa shape index (κ1) is 14.3. The number of rotatable bonds is 5. The Balaban J connectivity index is 2.44. The second-order valence-electron chi connectivity index (χ2n) is 4.39. The summed E-state index contributed by atoms with van der Waals surface area (Å²) in [6.45, 7) is 3.90. The third-order valence-corrected chi connectivity index (χ3v) is 3.47. The van der Waals surface area contributed by atoms with Crippen molar-refractivity contribution in [3.8, 4) is 11.4 Å². The van der Waals surface area contributed by atoms with E-state index >= 15 is 0 Å². The van der Waals surface area contributed by atoms with Crippen molar-refractivity contribution < 1.29 is 9.90 Å². The van der Waals surface area contributed by atoms with Crippen LogP contribution >= 0.6 is 11.8 Å². The van der Waals surface area contributed by atoms with Crippen LogP contribution in [-0.4, -0.2) is 36.6 Å². The van der Waals surface area contributed by atoms with Crippen LogP contribution in [0, 0.1) is 0 Å². The summed E-state index contributed by atoms with van der Waals surface area (Å²) in [5.74, 6) is -0.440. The van der Waals surface area contributed by atoms with E-state index in [1.165, 1.54) is 6.07 Å². The van der Waals surface area contributed by atoms with Crippen LogP contribution in [0.2, 0.25) is 0 Å². The Labute approximate surface area is 119 Å². The minimum absolute atomic E-state index is 0.0515. The van der Waals surface area contributed by atoms with Crippen molar-refractivity contribution in [2.45, 2.75) is 25.0 Å². The summed E-state index contributed by atoms with van der Waals surface area (Å²) in [6.07, 6.45) is 1.54. The number of hydrogen-bond donors (Lipinski definition) is 2. The third kappa shape index (κ3) is 3.08. The number of aromatic amines is 1. The van der Waals surface area contributed by atoms with Gasteiger partial charge in [0, 0.05) is 23.9 Å². The smallest absolute Gasteiger partial charge is 0.313 e. The van der Waals surface area contributed by atoms with E-state index < -0.39 is 5.97 Å². The van der Waals surface area contributed by atoms with Gasteiger partial charge in [-0.15, -0.1) is 10.2 Å². The van der Waals surface area contributed by atoms with Gasteiger partial charge in [-0.1, -0.05) is 11.8 Å². The number of hydrogen-bond acceptors (Lipinski definition) is 5. The van der Waals surface area contributed by atoms with Crippen LogP contribution < -0.4 is 5.56 Å². The lowest BCUT2D eigenvalue weighted by Crippen LogP contribution is -2.09. The van der Waals surface area contributed by atoms with Crippen LogP contribution in [0.5, 0.6) is 0 Å². The number of carboxylic acids is 1. The molecule has 2 aromatic rings. The summed E-state index contributed by atoms with van der Waals surface area (Å²) in [4.78, 5) is 24.6. The minimum Gasteiger partial charge on any atom is -0.481 e. The molecule has 106 valence electrons. The van der Waals surface area contributed by atoms with Crippen LogP contribution in [-0.2, 0) is 4.79 Å². The molecule has 0 aliphatic heterocycles. The standard InChI is InChI=1S/C12H14N4O3S/c1-7(2)16-11(8-3-4-13-9(17)5-8)14-15-12(16)20-6-10(18)19/h3-5,7H,6H2,1-2H3,(H,13,17)(H,18,19). The van der Waals surface area contributed by atoms with E-state index in [1.807, 2.05) is 18.4 Å². The fraction of sp³-hybridized carbons (Fsp3) is 0.333. The van der Waals surface area contributed by atoms with Crippen molar-refractivity contribution in [3.63, 3.8) is 0 Å². The van der Waals surface area contributed by atoms with Crippen molar-refractivity contribution in [1.29, 1.82) is 0 Å². The van der Waals surface area contributed by atoms with E-state index in [1.54, 1.807) is 12.3 Å². The lowest BCUT2D eigenvalue weighted by atomic mass is 10.2. The molecule has 20 heavy (non-hydrogen) atoms. The Morgan fingerprint density at radius 3 is 2.85 bits per heavy atom. The zero-order chi connectivity index (χ0) is 14.7. The van der Waals surface area contributed by atoms with Gasteiger partial charge in [-0.3, -0.25) is 14.2 Å². The molecule has 7 nitrogen and oxygen atoms in total. The first-order valence-corrected chi connectivity index (χ1v) is 6.96. The highest BCUT2D eigenvalue weighted by Crippen LogP contribution is 2.26. The van der Waals surface area contributed by atoms with E-state index in [9.17, 15) is 9.59 Å². The Morgan fingerprint density at radius 2 is 2.25 bits per heavy atom. The molecule has 0 aliphatic carbocycles. The van der Waals surface area contributed by atoms with Gasteiger partial charge in [0.1, 0.15) is 0 Å². The van der Waals surface area contributed by atoms with Crippen molar-refractivity contribution >= 4 is 17.7 Å². The molecule has 2 heterocycles. The number of pyridine rings is 1. The van der Waals surface area contributed by atoms with Crippen LogP contribution in [0.15, 0.2) is 28.3 Å². The van der Waals surface area contributed by atoms with E-state index in [-0.39, 0.29) is 17.4 Å². The number of carboxylic acid groups (broad SMARTS) is 1. The fourth-order valence-electron chi connectivity index (χ4n) is 1.75. The Kier molecular flexibility index (Phi) is 4.23. The topological polar surface area (TPSA) is 101 Å². The van der Waals surface area contributed by atoms with Gasteiger partial charge in [-0.25, -0.2) is 0 Å². The maximum Gasteiger partial charge on any atom is 0.313 e. The molecular weight excluding hydrogens is 280 g/mol. The molecule has 0 saturated heterocycles. The summed E-state index contributed by atoms with van der Waals surface area (Å²) in [6, 6.07) is 3.22. The maximum atomic E-state index is 11.4. The van der Waals surface area contributed by atoms with Crippen LogP contribution in [0.25, 0.3) is 11.4 Å². The maximum absolute atomic E-state index is 11.4. The second-order valence-corrected chi connectivity index (χ2v) is 5.34. The number of nitrogens with one attached hydrogen (secondary N) is 1. The van der Waals surface area contributed by atoms with Crippen molar-refractivity contribution in [2.75, 3.05) is 5.75 Å². The number of thioether (sulfide) groups is 1. The highest BCUT2D eigenvalue weighted by atomic mass is 32.2. The zero-order valence-corrected chi connectivity index (χ0v) is 11.8. The summed E-state index contributed by atoms with van der Waals surface area (Å²) in [5, 5.41) is 17.4. The minimum atomic E-state index is -0.911. The zero-order valence-electron chi connectivity index (χ0n) is 11.0. The van der Waals surface area contributed by atoms with Crippen LogP contribution in [0.1, 0.15) is 19.9 Å². The first-order chi connectivity index (χ1) is 9.49. The molecule has 2 aromatic heterocycles. The van der Waals surface area contributed by atoms with Gasteiger partial charge < -0.3 is 10.1 Å². The molecular formula is C12H14N4O3S. The Morgan fingerprint density at radius 1 is 1.50 bits per heavy atom. The van der Waals surface area contributed by atoms with Crippen molar-refractivity contribution in [1.82, 2.24) is 19.7 Å². The normalized spacial score (nSPS) is 10.9. The molecule has 0 unspecified atom stereocenters. The van der Waals surface area contributed by atoms with E-state index in [0.29, 0.717) is 16.5 Å². The van der Waals surface area contributed by atoms with Crippen molar-refractivity contribution in [2.24, 2.45) is 0 Å². The molecule has 0 atom stereocenters. The van der Waals surface area contributed by atoms with Gasteiger partial charge in [0.05, 0.1) is 5.75 Å². The largest absolute Gasteiger partial charge is 0.481 e. The predicted molar refractivity (Wildman–Crippen MR) is 74.8 cm³/mol. The Hall–Kier alpha value is -2.09. The molecule has 0 bridgehead atoms. The van der Waals surface area contributed by atoms with Gasteiger partial charge in [0.2, 0.25) is 5.56 Å². The highest BCUT2D eigenvalue weighted by Gasteiger charge is 2.17. The highest BCUT2D eigenvalue weighted by molar-refractivity contribution is 7.99. The summed E-state index contributed by atoms with van der Waals surface area (Å²) in [5.41, 5.74) is 0.428. The summed E-state index contributed by atoms with van der Waals surface area (Å²) >= 11 is 1.11. The van der Waals surface area contributed by atoms with Gasteiger partial charge in [-0.2, -0.15) is 0 Å². The van der Waals surface area contributed by atoms with Gasteiger partial charge in [0.15, 0.2) is 11.0 Å².